The van der Waals surface area contributed by atoms with Crippen molar-refractivity contribution in [2.75, 3.05) is 31.7 Å². The smallest absolute Gasteiger partial charge is 0.233 e. The molecule has 0 saturated carbocycles. The predicted octanol–water partition coefficient (Wildman–Crippen LogP) is 1.66. The van der Waals surface area contributed by atoms with Crippen LogP contribution in [0, 0.1) is 0 Å². The van der Waals surface area contributed by atoms with Gasteiger partial charge >= 0.3 is 0 Å². The fraction of sp³-hybridized carbons (Fsp3) is 0.500. The zero-order valence-electron chi connectivity index (χ0n) is 13.3. The Labute approximate surface area is 140 Å². The van der Waals surface area contributed by atoms with Crippen LogP contribution in [-0.4, -0.2) is 49.5 Å². The molecule has 6 nitrogen and oxygen atoms in total. The lowest BCUT2D eigenvalue weighted by Gasteiger charge is -2.23. The number of hydrogen-bond acceptors (Lipinski definition) is 5. The van der Waals surface area contributed by atoms with Gasteiger partial charge in [0.05, 0.1) is 31.2 Å². The molecule has 7 heteroatoms. The van der Waals surface area contributed by atoms with Gasteiger partial charge in [0.15, 0.2) is 0 Å². The van der Waals surface area contributed by atoms with Crippen LogP contribution in [0.3, 0.4) is 0 Å². The Morgan fingerprint density at radius 1 is 1.30 bits per heavy atom. The number of carbonyl (C=O) groups is 2. The summed E-state index contributed by atoms with van der Waals surface area (Å²) in [6.45, 7) is 5.50. The van der Waals surface area contributed by atoms with Gasteiger partial charge in [0.25, 0.3) is 0 Å². The van der Waals surface area contributed by atoms with Gasteiger partial charge in [0, 0.05) is 24.1 Å². The molecule has 1 aliphatic rings. The number of amides is 2. The number of carbonyl (C=O) groups excluding carboxylic acids is 2. The van der Waals surface area contributed by atoms with Crippen molar-refractivity contribution < 1.29 is 19.1 Å². The molecule has 1 saturated heterocycles. The van der Waals surface area contributed by atoms with Crippen molar-refractivity contribution in [3.8, 4) is 0 Å². The molecule has 0 aromatic heterocycles. The quantitative estimate of drug-likeness (QED) is 0.772. The van der Waals surface area contributed by atoms with Gasteiger partial charge in [-0.05, 0) is 31.2 Å². The molecular formula is C16H22N2O4S. The van der Waals surface area contributed by atoms with E-state index < -0.39 is 0 Å². The Hall–Kier alpha value is -1.57. The van der Waals surface area contributed by atoms with Crippen molar-refractivity contribution in [3.63, 3.8) is 0 Å². The zero-order chi connectivity index (χ0) is 16.7. The normalized spacial score (nSPS) is 19.0. The summed E-state index contributed by atoms with van der Waals surface area (Å²) in [5.41, 5.74) is 0.744. The molecule has 1 heterocycles. The lowest BCUT2D eigenvalue weighted by Crippen LogP contribution is -2.42. The summed E-state index contributed by atoms with van der Waals surface area (Å²) in [5, 5.41) is 5.38. The minimum absolute atomic E-state index is 0.0323. The van der Waals surface area contributed by atoms with Crippen molar-refractivity contribution in [2.45, 2.75) is 30.1 Å². The topological polar surface area (TPSA) is 76.7 Å². The van der Waals surface area contributed by atoms with Crippen molar-refractivity contribution in [3.05, 3.63) is 24.3 Å². The van der Waals surface area contributed by atoms with E-state index in [-0.39, 0.29) is 23.2 Å². The van der Waals surface area contributed by atoms with Crippen LogP contribution in [0.5, 0.6) is 0 Å². The minimum Gasteiger partial charge on any atom is -0.376 e. The SMILES string of the molecule is CC(=O)Nc1ccc(S[C@@H](C)C(=O)NC[C@H]2COCCO2)cc1. The maximum atomic E-state index is 12.1. The molecule has 0 spiro atoms. The molecule has 0 unspecified atom stereocenters. The fourth-order valence-corrected chi connectivity index (χ4v) is 2.98. The highest BCUT2D eigenvalue weighted by atomic mass is 32.2. The first kappa shape index (κ1) is 17.8. The number of ether oxygens (including phenoxy) is 2. The van der Waals surface area contributed by atoms with Gasteiger partial charge in [0.1, 0.15) is 0 Å². The molecule has 1 fully saturated rings. The Bertz CT molecular complexity index is 529. The highest BCUT2D eigenvalue weighted by Gasteiger charge is 2.18. The first-order valence-corrected chi connectivity index (χ1v) is 8.44. The molecule has 2 amide bonds. The maximum absolute atomic E-state index is 12.1. The Balaban J connectivity index is 1.77. The van der Waals surface area contributed by atoms with E-state index in [0.717, 1.165) is 10.6 Å². The minimum atomic E-state index is -0.217. The molecular weight excluding hydrogens is 316 g/mol. The van der Waals surface area contributed by atoms with Gasteiger partial charge in [-0.25, -0.2) is 0 Å². The van der Waals surface area contributed by atoms with Crippen LogP contribution in [0.1, 0.15) is 13.8 Å². The van der Waals surface area contributed by atoms with E-state index in [9.17, 15) is 9.59 Å². The highest BCUT2D eigenvalue weighted by Crippen LogP contribution is 2.24. The van der Waals surface area contributed by atoms with E-state index >= 15 is 0 Å². The Morgan fingerprint density at radius 3 is 2.65 bits per heavy atom. The van der Waals surface area contributed by atoms with Gasteiger partial charge in [-0.3, -0.25) is 9.59 Å². The molecule has 1 aromatic rings. The summed E-state index contributed by atoms with van der Waals surface area (Å²) in [4.78, 5) is 24.1. The standard InChI is InChI=1S/C16H22N2O4S/c1-11(16(20)17-9-14-10-21-7-8-22-14)23-15-5-3-13(4-6-15)18-12(2)19/h3-6,11,14H,7-10H2,1-2H3,(H,17,20)(H,18,19)/t11-,14-/m0/s1. The van der Waals surface area contributed by atoms with Gasteiger partial charge in [-0.1, -0.05) is 0 Å². The first-order valence-electron chi connectivity index (χ1n) is 7.56. The van der Waals surface area contributed by atoms with Crippen molar-refractivity contribution in [1.29, 1.82) is 0 Å². The molecule has 2 N–H and O–H groups in total. The summed E-state index contributed by atoms with van der Waals surface area (Å²) in [6.07, 6.45) is -0.0677. The first-order chi connectivity index (χ1) is 11.0. The van der Waals surface area contributed by atoms with Gasteiger partial charge in [0.2, 0.25) is 11.8 Å². The van der Waals surface area contributed by atoms with E-state index in [1.165, 1.54) is 18.7 Å². The van der Waals surface area contributed by atoms with E-state index in [1.807, 2.05) is 31.2 Å². The summed E-state index contributed by atoms with van der Waals surface area (Å²) in [6, 6.07) is 7.42. The number of thioether (sulfide) groups is 1. The third-order valence-electron chi connectivity index (χ3n) is 3.25. The van der Waals surface area contributed by atoms with Crippen molar-refractivity contribution in [2.24, 2.45) is 0 Å². The van der Waals surface area contributed by atoms with Gasteiger partial charge in [-0.2, -0.15) is 0 Å². The van der Waals surface area contributed by atoms with Crippen LogP contribution in [0.4, 0.5) is 5.69 Å². The van der Waals surface area contributed by atoms with E-state index in [1.54, 1.807) is 0 Å². The third kappa shape index (κ3) is 6.21. The zero-order valence-corrected chi connectivity index (χ0v) is 14.2. The molecule has 0 radical (unpaired) electrons. The van der Waals surface area contributed by atoms with Gasteiger partial charge < -0.3 is 20.1 Å². The highest BCUT2D eigenvalue weighted by molar-refractivity contribution is 8.00. The van der Waals surface area contributed by atoms with E-state index in [4.69, 9.17) is 9.47 Å². The lowest BCUT2D eigenvalue weighted by molar-refractivity contribution is -0.123. The van der Waals surface area contributed by atoms with Crippen LogP contribution < -0.4 is 10.6 Å². The lowest BCUT2D eigenvalue weighted by atomic mass is 10.3. The second kappa shape index (κ2) is 8.90. The summed E-state index contributed by atoms with van der Waals surface area (Å²) >= 11 is 1.47. The number of anilines is 1. The molecule has 126 valence electrons. The van der Waals surface area contributed by atoms with Gasteiger partial charge in [-0.15, -0.1) is 11.8 Å². The number of hydrogen-bond donors (Lipinski definition) is 2. The summed E-state index contributed by atoms with van der Waals surface area (Å²) in [7, 11) is 0. The van der Waals surface area contributed by atoms with Crippen molar-refractivity contribution in [1.82, 2.24) is 5.32 Å². The third-order valence-corrected chi connectivity index (χ3v) is 4.36. The molecule has 0 bridgehead atoms. The van der Waals surface area contributed by atoms with Crippen molar-refractivity contribution >= 4 is 29.3 Å². The number of benzene rings is 1. The summed E-state index contributed by atoms with van der Waals surface area (Å²) in [5.74, 6) is -0.137. The maximum Gasteiger partial charge on any atom is 0.233 e. The number of nitrogens with one attached hydrogen (secondary N) is 2. The molecule has 1 aromatic carbocycles. The van der Waals surface area contributed by atoms with Crippen LogP contribution in [0.25, 0.3) is 0 Å². The number of rotatable bonds is 6. The Morgan fingerprint density at radius 2 is 2.04 bits per heavy atom. The summed E-state index contributed by atoms with van der Waals surface area (Å²) < 4.78 is 10.8. The molecule has 2 rings (SSSR count). The predicted molar refractivity (Wildman–Crippen MR) is 89.6 cm³/mol. The second-order valence-electron chi connectivity index (χ2n) is 5.28. The largest absolute Gasteiger partial charge is 0.376 e. The average Bonchev–Trinajstić information content (AvgIpc) is 2.55. The van der Waals surface area contributed by atoms with Crippen LogP contribution in [-0.2, 0) is 19.1 Å². The molecule has 0 aliphatic carbocycles. The fourth-order valence-electron chi connectivity index (χ4n) is 2.09. The van der Waals surface area contributed by atoms with Crippen LogP contribution >= 0.6 is 11.8 Å². The average molecular weight is 338 g/mol. The molecule has 1 aliphatic heterocycles. The Kier molecular flexibility index (Phi) is 6.88. The molecule has 2 atom stereocenters. The second-order valence-corrected chi connectivity index (χ2v) is 6.69. The van der Waals surface area contributed by atoms with E-state index in [0.29, 0.717) is 26.4 Å². The van der Waals surface area contributed by atoms with Crippen LogP contribution in [0.2, 0.25) is 0 Å². The monoisotopic (exact) mass is 338 g/mol. The van der Waals surface area contributed by atoms with E-state index in [2.05, 4.69) is 10.6 Å². The van der Waals surface area contributed by atoms with Crippen LogP contribution in [0.15, 0.2) is 29.2 Å². The molecule has 23 heavy (non-hydrogen) atoms.